The van der Waals surface area contributed by atoms with Crippen LogP contribution < -0.4 is 0 Å². The Morgan fingerprint density at radius 3 is 1.50 bits per heavy atom. The molecule has 0 aromatic heterocycles. The topological polar surface area (TPSA) is 124 Å². The van der Waals surface area contributed by atoms with Gasteiger partial charge in [-0.05, 0) is 0 Å². The first kappa shape index (κ1) is 11.0. The van der Waals surface area contributed by atoms with E-state index in [-0.39, 0.29) is 0 Å². The van der Waals surface area contributed by atoms with Gasteiger partial charge in [-0.25, -0.2) is 0 Å². The first-order chi connectivity index (χ1) is 5.34. The molecule has 0 atom stereocenters. The Hall–Kier alpha value is 0.970. The summed E-state index contributed by atoms with van der Waals surface area (Å²) >= 11 is 0. The fourth-order valence-electron chi connectivity index (χ4n) is 0.455. The average molecular weight is 240 g/mol. The van der Waals surface area contributed by atoms with E-state index in [1.165, 1.54) is 0 Å². The number of rotatable bonds is 4. The minimum atomic E-state index is -3.98. The molecule has 0 aromatic rings. The fourth-order valence-corrected chi connectivity index (χ4v) is 4.36. The van der Waals surface area contributed by atoms with E-state index >= 15 is 0 Å². The van der Waals surface area contributed by atoms with Crippen LogP contribution in [0.3, 0.4) is 0 Å². The van der Waals surface area contributed by atoms with Crippen LogP contribution in [0, 0.1) is 0 Å². The van der Waals surface area contributed by atoms with Crippen molar-refractivity contribution in [2.45, 2.75) is 0 Å². The first-order valence-electron chi connectivity index (χ1n) is 2.51. The van der Waals surface area contributed by atoms with E-state index in [1.54, 1.807) is 0 Å². The maximum absolute atomic E-state index is 8.44. The summed E-state index contributed by atoms with van der Waals surface area (Å²) in [7, 11) is -9.45. The Kier molecular flexibility index (Phi) is 3.02. The van der Waals surface area contributed by atoms with Crippen LogP contribution in [0.4, 0.5) is 0 Å². The molecule has 11 heteroatoms. The Bertz CT molecular complexity index is 161. The van der Waals surface area contributed by atoms with Gasteiger partial charge in [0.15, 0.2) is 0 Å². The van der Waals surface area contributed by atoms with Crippen molar-refractivity contribution in [2.24, 2.45) is 0 Å². The third-order valence-electron chi connectivity index (χ3n) is 0.855. The molecule has 1 fully saturated rings. The molecule has 0 unspecified atom stereocenters. The Morgan fingerprint density at radius 1 is 1.00 bits per heavy atom. The van der Waals surface area contributed by atoms with Gasteiger partial charge in [-0.2, -0.15) is 0 Å². The van der Waals surface area contributed by atoms with E-state index in [2.05, 4.69) is 18.0 Å². The zero-order valence-electron chi connectivity index (χ0n) is 5.76. The van der Waals surface area contributed by atoms with E-state index in [1.807, 2.05) is 0 Å². The summed E-state index contributed by atoms with van der Waals surface area (Å²) in [6.45, 7) is 1.15. The van der Waals surface area contributed by atoms with Crippen LogP contribution in [0.15, 0.2) is 0 Å². The monoisotopic (exact) mass is 240 g/mol. The molecule has 8 nitrogen and oxygen atoms in total. The second-order valence-corrected chi connectivity index (χ2v) is 6.97. The minimum absolute atomic E-state index is 1.15. The Morgan fingerprint density at radius 2 is 1.33 bits per heavy atom. The Balaban J connectivity index is 2.54. The SMILES string of the molecule is CP1(OP(O)O)(OP(O)O)OO1. The molecule has 12 heavy (non-hydrogen) atoms. The van der Waals surface area contributed by atoms with Crippen molar-refractivity contribution in [3.63, 3.8) is 0 Å². The number of hydrogen-bond donors (Lipinski definition) is 4. The summed E-state index contributed by atoms with van der Waals surface area (Å²) in [6, 6.07) is 0. The van der Waals surface area contributed by atoms with Crippen LogP contribution >= 0.6 is 24.7 Å². The summed E-state index contributed by atoms with van der Waals surface area (Å²) in [5.74, 6) is 0. The van der Waals surface area contributed by atoms with Gasteiger partial charge in [-0.1, -0.05) is 0 Å². The molecule has 1 heterocycles. The van der Waals surface area contributed by atoms with Crippen molar-refractivity contribution in [1.82, 2.24) is 0 Å². The predicted molar refractivity (Wildman–Crippen MR) is 39.9 cm³/mol. The van der Waals surface area contributed by atoms with Gasteiger partial charge in [0.05, 0.1) is 0 Å². The van der Waals surface area contributed by atoms with Crippen molar-refractivity contribution in [1.29, 1.82) is 0 Å². The van der Waals surface area contributed by atoms with Gasteiger partial charge in [0, 0.05) is 0 Å². The van der Waals surface area contributed by atoms with Crippen molar-refractivity contribution in [2.75, 3.05) is 6.66 Å². The molecule has 4 N–H and O–H groups in total. The molecule has 1 rings (SSSR count). The summed E-state index contributed by atoms with van der Waals surface area (Å²) in [5.41, 5.74) is 0. The molecule has 1 aliphatic rings. The van der Waals surface area contributed by atoms with Crippen molar-refractivity contribution in [3.05, 3.63) is 0 Å². The van der Waals surface area contributed by atoms with Gasteiger partial charge in [0.2, 0.25) is 0 Å². The van der Waals surface area contributed by atoms with E-state index in [9.17, 15) is 0 Å². The molecule has 74 valence electrons. The van der Waals surface area contributed by atoms with Crippen LogP contribution in [0.2, 0.25) is 0 Å². The predicted octanol–water partition coefficient (Wildman–Crippen LogP) is 0.247. The molecule has 0 aromatic carbocycles. The maximum atomic E-state index is 8.44. The van der Waals surface area contributed by atoms with Gasteiger partial charge in [-0.15, -0.1) is 0 Å². The van der Waals surface area contributed by atoms with Crippen LogP contribution in [0.1, 0.15) is 0 Å². The van der Waals surface area contributed by atoms with Crippen molar-refractivity contribution in [3.8, 4) is 0 Å². The van der Waals surface area contributed by atoms with Crippen LogP contribution in [-0.2, 0) is 18.0 Å². The van der Waals surface area contributed by atoms with Crippen LogP contribution in [-0.4, -0.2) is 26.2 Å². The number of hydrogen-bond acceptors (Lipinski definition) is 8. The summed E-state index contributed by atoms with van der Waals surface area (Å²) in [6.07, 6.45) is 0. The molecule has 0 saturated carbocycles. The molecule has 1 aliphatic heterocycles. The third-order valence-corrected chi connectivity index (χ3v) is 5.62. The molecular weight excluding hydrogens is 233 g/mol. The summed E-state index contributed by atoms with van der Waals surface area (Å²) in [4.78, 5) is 33.8. The average Bonchev–Trinajstić information content (AvgIpc) is 2.38. The normalized spacial score (nSPS) is 28.4. The quantitative estimate of drug-likeness (QED) is 0.313. The molecule has 0 radical (unpaired) electrons. The zero-order valence-corrected chi connectivity index (χ0v) is 8.45. The second kappa shape index (κ2) is 3.28. The second-order valence-electron chi connectivity index (χ2n) is 2.00. The van der Waals surface area contributed by atoms with E-state index in [4.69, 9.17) is 19.6 Å². The van der Waals surface area contributed by atoms with Gasteiger partial charge in [-0.3, -0.25) is 0 Å². The van der Waals surface area contributed by atoms with E-state index < -0.39 is 24.7 Å². The van der Waals surface area contributed by atoms with Crippen LogP contribution in [0.5, 0.6) is 0 Å². The molecular formula is CH7O8P3. The molecule has 0 spiro atoms. The van der Waals surface area contributed by atoms with Crippen molar-refractivity contribution < 1.29 is 37.5 Å². The Labute approximate surface area is 69.8 Å². The van der Waals surface area contributed by atoms with E-state index in [0.29, 0.717) is 0 Å². The van der Waals surface area contributed by atoms with Crippen molar-refractivity contribution >= 4 is 24.7 Å². The fraction of sp³-hybridized carbons (Fsp3) is 1.00. The summed E-state index contributed by atoms with van der Waals surface area (Å²) in [5, 5.41) is 0. The van der Waals surface area contributed by atoms with Gasteiger partial charge in [0.25, 0.3) is 0 Å². The molecule has 0 bridgehead atoms. The van der Waals surface area contributed by atoms with E-state index in [0.717, 1.165) is 6.66 Å². The van der Waals surface area contributed by atoms with Gasteiger partial charge in [0.1, 0.15) is 0 Å². The van der Waals surface area contributed by atoms with Gasteiger partial charge >= 0.3 is 68.9 Å². The van der Waals surface area contributed by atoms with Gasteiger partial charge < -0.3 is 0 Å². The van der Waals surface area contributed by atoms with Crippen LogP contribution in [0.25, 0.3) is 0 Å². The molecule has 0 amide bonds. The molecule has 0 aliphatic carbocycles. The standard InChI is InChI=1S/CH7O8P3/c1-12(6-7-12,8-10(2)3)9-11(4)5/h2-5H,1H3. The third kappa shape index (κ3) is 2.73. The molecule has 1 saturated heterocycles. The summed E-state index contributed by atoms with van der Waals surface area (Å²) < 4.78 is 17.3. The first-order valence-corrected chi connectivity index (χ1v) is 7.19. The zero-order chi connectivity index (χ0) is 9.43.